The maximum Gasteiger partial charge on any atom is 0.410 e. The van der Waals surface area contributed by atoms with Crippen molar-refractivity contribution in [3.05, 3.63) is 60.7 Å². The molecule has 0 spiro atoms. The molecule has 1 amide bonds. The Bertz CT molecular complexity index is 939. The van der Waals surface area contributed by atoms with Crippen LogP contribution in [0, 0.1) is 11.3 Å². The topological polar surface area (TPSA) is 74.6 Å². The summed E-state index contributed by atoms with van der Waals surface area (Å²) in [4.78, 5) is 13.8. The van der Waals surface area contributed by atoms with Crippen LogP contribution in [-0.2, 0) is 9.16 Å². The number of hydrogen-bond acceptors (Lipinski definition) is 5. The number of nitrogens with one attached hydrogen (secondary N) is 1. The van der Waals surface area contributed by atoms with Crippen molar-refractivity contribution in [3.63, 3.8) is 0 Å². The van der Waals surface area contributed by atoms with Gasteiger partial charge in [0.2, 0.25) is 0 Å². The van der Waals surface area contributed by atoms with Crippen LogP contribution in [0.15, 0.2) is 60.7 Å². The van der Waals surface area contributed by atoms with E-state index in [0.717, 1.165) is 6.42 Å². The minimum atomic E-state index is -2.66. The van der Waals surface area contributed by atoms with Crippen LogP contribution in [0.1, 0.15) is 54.4 Å². The highest BCUT2D eigenvalue weighted by Gasteiger charge is 2.50. The Morgan fingerprint density at radius 2 is 1.53 bits per heavy atom. The highest BCUT2D eigenvalue weighted by Crippen LogP contribution is 2.36. The summed E-state index contributed by atoms with van der Waals surface area (Å²) in [6.45, 7) is 14.0. The summed E-state index contributed by atoms with van der Waals surface area (Å²) >= 11 is 0. The largest absolute Gasteiger partial charge is 0.444 e. The van der Waals surface area contributed by atoms with Crippen LogP contribution in [-0.4, -0.2) is 57.7 Å². The maximum atomic E-state index is 12.2. The zero-order chi connectivity index (χ0) is 26.8. The fourth-order valence-corrected chi connectivity index (χ4v) is 8.95. The van der Waals surface area contributed by atoms with Crippen molar-refractivity contribution in [2.24, 2.45) is 0 Å². The molecule has 0 aliphatic heterocycles. The van der Waals surface area contributed by atoms with Gasteiger partial charge in [-0.25, -0.2) is 4.79 Å². The van der Waals surface area contributed by atoms with E-state index in [-0.39, 0.29) is 17.2 Å². The van der Waals surface area contributed by atoms with Gasteiger partial charge in [0.05, 0.1) is 19.1 Å². The minimum absolute atomic E-state index is 0.108. The lowest BCUT2D eigenvalue weighted by molar-refractivity contribution is 0.0297. The molecular weight excluding hydrogens is 466 g/mol. The van der Waals surface area contributed by atoms with E-state index in [1.165, 1.54) is 10.4 Å². The van der Waals surface area contributed by atoms with Crippen molar-refractivity contribution in [1.29, 1.82) is 5.26 Å². The molecule has 0 aromatic heterocycles. The lowest BCUT2D eigenvalue weighted by Gasteiger charge is -2.43. The summed E-state index contributed by atoms with van der Waals surface area (Å²) in [6.07, 6.45) is 0.767. The number of amides is 1. The van der Waals surface area contributed by atoms with Gasteiger partial charge in [-0.05, 0) is 49.1 Å². The zero-order valence-corrected chi connectivity index (χ0v) is 24.0. The number of carbonyl (C=O) groups excluding carboxylic acids is 1. The predicted molar refractivity (Wildman–Crippen MR) is 149 cm³/mol. The second kappa shape index (κ2) is 13.0. The number of ether oxygens (including phenoxy) is 1. The predicted octanol–water partition coefficient (Wildman–Crippen LogP) is 4.69. The molecule has 0 saturated carbocycles. The number of hydrogen-bond donors (Lipinski definition) is 1. The average Bonchev–Trinajstić information content (AvgIpc) is 2.81. The average molecular weight is 510 g/mol. The molecule has 0 aliphatic carbocycles. The first-order valence-electron chi connectivity index (χ1n) is 12.7. The van der Waals surface area contributed by atoms with Crippen LogP contribution < -0.4 is 15.7 Å². The van der Waals surface area contributed by atoms with Gasteiger partial charge in [-0.1, -0.05) is 81.4 Å². The zero-order valence-electron chi connectivity index (χ0n) is 23.0. The molecule has 1 N–H and O–H groups in total. The first kappa shape index (κ1) is 29.6. The van der Waals surface area contributed by atoms with Crippen LogP contribution in [0.2, 0.25) is 5.04 Å². The second-order valence-corrected chi connectivity index (χ2v) is 15.5. The second-order valence-electron chi connectivity index (χ2n) is 11.2. The van der Waals surface area contributed by atoms with E-state index in [2.05, 4.69) is 80.7 Å². The first-order chi connectivity index (χ1) is 16.9. The molecule has 0 bridgehead atoms. The number of rotatable bonds is 11. The van der Waals surface area contributed by atoms with Crippen LogP contribution >= 0.6 is 0 Å². The number of nitrogens with zero attached hydrogens (tertiary/aromatic N) is 2. The number of benzene rings is 2. The van der Waals surface area contributed by atoms with Crippen molar-refractivity contribution >= 4 is 24.8 Å². The first-order valence-corrected chi connectivity index (χ1v) is 14.6. The molecule has 1 unspecified atom stereocenters. The molecule has 0 radical (unpaired) electrons. The molecule has 2 aromatic carbocycles. The summed E-state index contributed by atoms with van der Waals surface area (Å²) in [5, 5.41) is 15.3. The third-order valence-corrected chi connectivity index (χ3v) is 11.1. The summed E-state index contributed by atoms with van der Waals surface area (Å²) in [5.74, 6) is 0. The summed E-state index contributed by atoms with van der Waals surface area (Å²) in [7, 11) is -0.920. The van der Waals surface area contributed by atoms with Gasteiger partial charge < -0.3 is 19.4 Å². The lowest BCUT2D eigenvalue weighted by atomic mass is 10.2. The third-order valence-electron chi connectivity index (χ3n) is 6.06. The highest BCUT2D eigenvalue weighted by atomic mass is 28.4. The molecule has 36 heavy (non-hydrogen) atoms. The molecule has 2 rings (SSSR count). The van der Waals surface area contributed by atoms with Crippen LogP contribution in [0.3, 0.4) is 0 Å². The van der Waals surface area contributed by atoms with Crippen molar-refractivity contribution in [1.82, 2.24) is 10.2 Å². The molecule has 0 fully saturated rings. The van der Waals surface area contributed by atoms with Crippen molar-refractivity contribution in [3.8, 4) is 6.07 Å². The Morgan fingerprint density at radius 3 is 1.97 bits per heavy atom. The van der Waals surface area contributed by atoms with Gasteiger partial charge in [0.15, 0.2) is 0 Å². The van der Waals surface area contributed by atoms with Gasteiger partial charge in [-0.2, -0.15) is 5.26 Å². The van der Waals surface area contributed by atoms with Gasteiger partial charge in [0.25, 0.3) is 8.32 Å². The fourth-order valence-electron chi connectivity index (χ4n) is 4.34. The fraction of sp³-hybridized carbons (Fsp3) is 0.517. The van der Waals surface area contributed by atoms with Gasteiger partial charge in [-0.3, -0.25) is 0 Å². The minimum Gasteiger partial charge on any atom is -0.444 e. The third kappa shape index (κ3) is 8.19. The monoisotopic (exact) mass is 509 g/mol. The van der Waals surface area contributed by atoms with E-state index >= 15 is 0 Å². The maximum absolute atomic E-state index is 12.2. The highest BCUT2D eigenvalue weighted by molar-refractivity contribution is 6.99. The molecule has 6 nitrogen and oxygen atoms in total. The number of nitriles is 1. The molecule has 7 heteroatoms. The van der Waals surface area contributed by atoms with E-state index in [1.807, 2.05) is 32.9 Å². The number of carbonyl (C=O) groups is 1. The van der Waals surface area contributed by atoms with Gasteiger partial charge >= 0.3 is 6.09 Å². The molecular formula is C29H43N3O3Si. The van der Waals surface area contributed by atoms with Crippen LogP contribution in [0.4, 0.5) is 4.79 Å². The molecule has 1 atom stereocenters. The summed E-state index contributed by atoms with van der Waals surface area (Å²) < 4.78 is 12.4. The quantitative estimate of drug-likeness (QED) is 0.351. The van der Waals surface area contributed by atoms with Gasteiger partial charge in [0, 0.05) is 19.6 Å². The molecule has 2 aromatic rings. The molecule has 0 saturated heterocycles. The van der Waals surface area contributed by atoms with E-state index in [4.69, 9.17) is 9.16 Å². The Hall–Kier alpha value is -2.66. The Labute approximate surface area is 218 Å². The summed E-state index contributed by atoms with van der Waals surface area (Å²) in [6, 6.07) is 23.2. The smallest absolute Gasteiger partial charge is 0.410 e. The van der Waals surface area contributed by atoms with Crippen molar-refractivity contribution in [2.75, 3.05) is 26.7 Å². The van der Waals surface area contributed by atoms with E-state index in [1.54, 1.807) is 11.9 Å². The van der Waals surface area contributed by atoms with E-state index in [9.17, 15) is 10.1 Å². The molecule has 0 heterocycles. The SMILES string of the molecule is CN(CCCNC(CC#N)CO[Si](c1ccccc1)(c1ccccc1)C(C)(C)C)C(=O)OC(C)(C)C. The van der Waals surface area contributed by atoms with Crippen LogP contribution in [0.25, 0.3) is 0 Å². The van der Waals surface area contributed by atoms with Gasteiger partial charge in [0.1, 0.15) is 5.60 Å². The Balaban J connectivity index is 2.13. The summed E-state index contributed by atoms with van der Waals surface area (Å²) in [5.41, 5.74) is -0.514. The van der Waals surface area contributed by atoms with E-state index < -0.39 is 13.9 Å². The molecule has 196 valence electrons. The Kier molecular flexibility index (Phi) is 10.7. The normalized spacial score (nSPS) is 13.1. The van der Waals surface area contributed by atoms with Crippen molar-refractivity contribution < 1.29 is 14.0 Å². The van der Waals surface area contributed by atoms with Crippen LogP contribution in [0.5, 0.6) is 0 Å². The standard InChI is InChI=1S/C29H43N3O3Si/c1-28(2,3)35-27(33)32(7)22-14-21-31-24(19-20-30)23-34-36(29(4,5)6,25-15-10-8-11-16-25)26-17-12-9-13-18-26/h8-13,15-18,24,31H,14,19,21-23H2,1-7H3. The van der Waals surface area contributed by atoms with Crippen molar-refractivity contribution in [2.45, 2.75) is 71.1 Å². The molecule has 0 aliphatic rings. The van der Waals surface area contributed by atoms with Gasteiger partial charge in [-0.15, -0.1) is 0 Å². The van der Waals surface area contributed by atoms with E-state index in [0.29, 0.717) is 26.1 Å². The Morgan fingerprint density at radius 1 is 1.00 bits per heavy atom. The lowest BCUT2D eigenvalue weighted by Crippen LogP contribution is -2.67.